The summed E-state index contributed by atoms with van der Waals surface area (Å²) in [6.45, 7) is 6.55. The lowest BCUT2D eigenvalue weighted by atomic mass is 10.2. The fraction of sp³-hybridized carbons (Fsp3) is 0.261. The molecule has 4 rings (SSSR count). The molecule has 4 aromatic rings. The van der Waals surface area contributed by atoms with Gasteiger partial charge in [-0.3, -0.25) is 9.78 Å². The molecule has 0 fully saturated rings. The molecule has 0 spiro atoms. The van der Waals surface area contributed by atoms with Crippen LogP contribution in [0.5, 0.6) is 0 Å². The highest BCUT2D eigenvalue weighted by atomic mass is 32.1. The number of carbonyl (C=O) groups excluding carboxylic acids is 1. The predicted molar refractivity (Wildman–Crippen MR) is 129 cm³/mol. The van der Waals surface area contributed by atoms with Crippen molar-refractivity contribution in [2.45, 2.75) is 13.8 Å². The van der Waals surface area contributed by atoms with Crippen LogP contribution in [0.2, 0.25) is 0 Å². The molecule has 0 aromatic carbocycles. The van der Waals surface area contributed by atoms with E-state index in [1.54, 1.807) is 18.6 Å². The van der Waals surface area contributed by atoms with Crippen molar-refractivity contribution in [2.24, 2.45) is 5.92 Å². The summed E-state index contributed by atoms with van der Waals surface area (Å²) in [6, 6.07) is 11.8. The van der Waals surface area contributed by atoms with E-state index in [1.807, 2.05) is 36.4 Å². The Morgan fingerprint density at radius 3 is 2.72 bits per heavy atom. The zero-order chi connectivity index (χ0) is 22.3. The van der Waals surface area contributed by atoms with E-state index in [0.717, 1.165) is 51.9 Å². The minimum Gasteiger partial charge on any atom is -0.369 e. The Kier molecular flexibility index (Phi) is 6.86. The van der Waals surface area contributed by atoms with Crippen molar-refractivity contribution in [1.29, 1.82) is 0 Å². The van der Waals surface area contributed by atoms with Gasteiger partial charge in [0.1, 0.15) is 16.2 Å². The Hall–Kier alpha value is -3.59. The summed E-state index contributed by atoms with van der Waals surface area (Å²) in [4.78, 5) is 31.6. The molecule has 0 bridgehead atoms. The summed E-state index contributed by atoms with van der Waals surface area (Å²) < 4.78 is 0. The standard InChI is InChI=1S/C23H25N7OS/c1-16(2)14-30(12-11-25-15-31)18-7-10-26-21(13-18)29-23-28-20-4-3-19(27-22(20)32-23)17-5-8-24-9-6-17/h3-10,13,15-16H,11-12,14H2,1-2H3,(H,25,31)(H,26,28,29). The largest absolute Gasteiger partial charge is 0.369 e. The molecule has 0 unspecified atom stereocenters. The Bertz CT molecular complexity index is 1180. The second-order valence-corrected chi connectivity index (χ2v) is 8.69. The third kappa shape index (κ3) is 5.36. The number of pyridine rings is 3. The van der Waals surface area contributed by atoms with Crippen LogP contribution >= 0.6 is 11.3 Å². The van der Waals surface area contributed by atoms with Crippen LogP contribution in [-0.2, 0) is 4.79 Å². The number of hydrogen-bond donors (Lipinski definition) is 2. The first kappa shape index (κ1) is 21.6. The molecule has 0 aliphatic carbocycles. The molecular formula is C23H25N7OS. The number of thiazole rings is 1. The van der Waals surface area contributed by atoms with E-state index < -0.39 is 0 Å². The highest BCUT2D eigenvalue weighted by molar-refractivity contribution is 7.21. The third-order valence-electron chi connectivity index (χ3n) is 4.77. The average molecular weight is 448 g/mol. The number of hydrogen-bond acceptors (Lipinski definition) is 8. The number of aromatic nitrogens is 4. The van der Waals surface area contributed by atoms with Crippen molar-refractivity contribution in [2.75, 3.05) is 29.9 Å². The Morgan fingerprint density at radius 1 is 1.09 bits per heavy atom. The minimum atomic E-state index is 0.487. The van der Waals surface area contributed by atoms with Gasteiger partial charge in [0, 0.05) is 55.5 Å². The van der Waals surface area contributed by atoms with E-state index in [2.05, 4.69) is 44.3 Å². The van der Waals surface area contributed by atoms with Crippen LogP contribution in [0.25, 0.3) is 21.6 Å². The fourth-order valence-electron chi connectivity index (χ4n) is 3.37. The van der Waals surface area contributed by atoms with Crippen LogP contribution in [0, 0.1) is 5.92 Å². The Morgan fingerprint density at radius 2 is 1.94 bits per heavy atom. The zero-order valence-corrected chi connectivity index (χ0v) is 18.8. The van der Waals surface area contributed by atoms with E-state index in [4.69, 9.17) is 4.98 Å². The maximum Gasteiger partial charge on any atom is 0.207 e. The molecule has 1 amide bonds. The minimum absolute atomic E-state index is 0.487. The smallest absolute Gasteiger partial charge is 0.207 e. The van der Waals surface area contributed by atoms with Crippen molar-refractivity contribution >= 4 is 44.7 Å². The van der Waals surface area contributed by atoms with Gasteiger partial charge in [-0.15, -0.1) is 0 Å². The molecule has 0 aliphatic heterocycles. The van der Waals surface area contributed by atoms with Crippen LogP contribution in [0.1, 0.15) is 13.8 Å². The highest BCUT2D eigenvalue weighted by Crippen LogP contribution is 2.29. The van der Waals surface area contributed by atoms with Gasteiger partial charge in [-0.05, 0) is 36.2 Å². The van der Waals surface area contributed by atoms with E-state index in [-0.39, 0.29) is 0 Å². The van der Waals surface area contributed by atoms with Gasteiger partial charge in [0.05, 0.1) is 5.69 Å². The second kappa shape index (κ2) is 10.1. The van der Waals surface area contributed by atoms with Crippen molar-refractivity contribution in [3.05, 3.63) is 55.0 Å². The van der Waals surface area contributed by atoms with E-state index in [9.17, 15) is 4.79 Å². The molecule has 4 heterocycles. The lowest BCUT2D eigenvalue weighted by Gasteiger charge is -2.26. The topological polar surface area (TPSA) is 95.9 Å². The van der Waals surface area contributed by atoms with Gasteiger partial charge in [-0.2, -0.15) is 0 Å². The van der Waals surface area contributed by atoms with Gasteiger partial charge in [-0.1, -0.05) is 25.2 Å². The van der Waals surface area contributed by atoms with E-state index in [0.29, 0.717) is 18.3 Å². The summed E-state index contributed by atoms with van der Waals surface area (Å²) in [6.07, 6.45) is 6.04. The Balaban J connectivity index is 1.54. The zero-order valence-electron chi connectivity index (χ0n) is 18.0. The van der Waals surface area contributed by atoms with Gasteiger partial charge in [0.15, 0.2) is 5.13 Å². The van der Waals surface area contributed by atoms with Crippen LogP contribution in [0.4, 0.5) is 16.6 Å². The number of fused-ring (bicyclic) bond motifs is 1. The molecule has 0 saturated carbocycles. The van der Waals surface area contributed by atoms with Crippen molar-refractivity contribution < 1.29 is 4.79 Å². The second-order valence-electron chi connectivity index (χ2n) is 7.71. The summed E-state index contributed by atoms with van der Waals surface area (Å²) >= 11 is 1.49. The molecule has 0 atom stereocenters. The van der Waals surface area contributed by atoms with Crippen LogP contribution in [0.15, 0.2) is 55.0 Å². The SMILES string of the molecule is CC(C)CN(CCNC=O)c1ccnc(Nc2nc3ccc(-c4ccncc4)nc3s2)c1. The highest BCUT2D eigenvalue weighted by Gasteiger charge is 2.12. The Labute approximate surface area is 190 Å². The van der Waals surface area contributed by atoms with Crippen molar-refractivity contribution in [1.82, 2.24) is 25.3 Å². The monoisotopic (exact) mass is 447 g/mol. The van der Waals surface area contributed by atoms with Crippen molar-refractivity contribution in [3.63, 3.8) is 0 Å². The molecule has 4 aromatic heterocycles. The lowest BCUT2D eigenvalue weighted by Crippen LogP contribution is -2.34. The quantitative estimate of drug-likeness (QED) is 0.279. The summed E-state index contributed by atoms with van der Waals surface area (Å²) in [5.74, 6) is 1.20. The molecule has 9 heteroatoms. The molecule has 0 radical (unpaired) electrons. The maximum atomic E-state index is 10.6. The predicted octanol–water partition coefficient (Wildman–Crippen LogP) is 4.10. The fourth-order valence-corrected chi connectivity index (χ4v) is 4.22. The van der Waals surface area contributed by atoms with Crippen LogP contribution in [-0.4, -0.2) is 46.0 Å². The normalized spacial score (nSPS) is 11.0. The van der Waals surface area contributed by atoms with Gasteiger partial charge in [-0.25, -0.2) is 15.0 Å². The molecule has 2 N–H and O–H groups in total. The number of nitrogens with one attached hydrogen (secondary N) is 2. The van der Waals surface area contributed by atoms with E-state index >= 15 is 0 Å². The number of carbonyl (C=O) groups is 1. The number of rotatable bonds is 10. The first-order valence-electron chi connectivity index (χ1n) is 10.5. The number of amides is 1. The lowest BCUT2D eigenvalue weighted by molar-refractivity contribution is -0.109. The number of nitrogens with zero attached hydrogens (tertiary/aromatic N) is 5. The summed E-state index contributed by atoms with van der Waals surface area (Å²) in [7, 11) is 0. The first-order chi connectivity index (χ1) is 15.6. The maximum absolute atomic E-state index is 10.6. The van der Waals surface area contributed by atoms with Gasteiger partial charge in [0.2, 0.25) is 6.41 Å². The summed E-state index contributed by atoms with van der Waals surface area (Å²) in [5.41, 5.74) is 3.80. The molecule has 8 nitrogen and oxygen atoms in total. The molecule has 32 heavy (non-hydrogen) atoms. The van der Waals surface area contributed by atoms with E-state index in [1.165, 1.54) is 11.3 Å². The first-order valence-corrected chi connectivity index (χ1v) is 11.3. The number of anilines is 3. The third-order valence-corrected chi connectivity index (χ3v) is 5.65. The van der Waals surface area contributed by atoms with Gasteiger partial charge < -0.3 is 15.5 Å². The molecular weight excluding hydrogens is 422 g/mol. The molecule has 164 valence electrons. The van der Waals surface area contributed by atoms with Crippen LogP contribution < -0.4 is 15.5 Å². The van der Waals surface area contributed by atoms with Crippen molar-refractivity contribution in [3.8, 4) is 11.3 Å². The van der Waals surface area contributed by atoms with Gasteiger partial charge >= 0.3 is 0 Å². The molecule has 0 aliphatic rings. The average Bonchev–Trinajstić information content (AvgIpc) is 3.20. The van der Waals surface area contributed by atoms with Crippen LogP contribution in [0.3, 0.4) is 0 Å². The molecule has 0 saturated heterocycles. The summed E-state index contributed by atoms with van der Waals surface area (Å²) in [5, 5.41) is 6.79. The van der Waals surface area contributed by atoms with Gasteiger partial charge in [0.25, 0.3) is 0 Å².